The molecule has 2 aromatic carbocycles. The van der Waals surface area contributed by atoms with Gasteiger partial charge in [-0.15, -0.1) is 10.2 Å². The Morgan fingerprint density at radius 1 is 1.16 bits per heavy atom. The van der Waals surface area contributed by atoms with Gasteiger partial charge in [0.05, 0.1) is 13.7 Å². The van der Waals surface area contributed by atoms with Crippen molar-refractivity contribution in [2.24, 2.45) is 0 Å². The van der Waals surface area contributed by atoms with Gasteiger partial charge in [-0.2, -0.15) is 4.80 Å². The first-order valence-electron chi connectivity index (χ1n) is 9.43. The van der Waals surface area contributed by atoms with Crippen LogP contribution in [0.1, 0.15) is 26.3 Å². The molecule has 0 atom stereocenters. The fourth-order valence-corrected chi connectivity index (χ4v) is 3.70. The largest absolute Gasteiger partial charge is 0.495 e. The van der Waals surface area contributed by atoms with E-state index >= 15 is 0 Å². The second-order valence-electron chi connectivity index (χ2n) is 7.74. The highest BCUT2D eigenvalue weighted by atomic mass is 32.2. The van der Waals surface area contributed by atoms with Crippen LogP contribution in [0.3, 0.4) is 0 Å². The third-order valence-corrected chi connectivity index (χ3v) is 5.37. The summed E-state index contributed by atoms with van der Waals surface area (Å²) in [6.45, 7) is 5.12. The number of halogens is 1. The summed E-state index contributed by atoms with van der Waals surface area (Å²) in [5.41, 5.74) is 0.366. The molecule has 3 rings (SSSR count). The minimum atomic E-state index is -4.25. The first kappa shape index (κ1) is 23.1. The van der Waals surface area contributed by atoms with Crippen LogP contribution in [0.4, 0.5) is 9.18 Å². The van der Waals surface area contributed by atoms with Crippen molar-refractivity contribution >= 4 is 16.1 Å². The Balaban J connectivity index is 1.81. The van der Waals surface area contributed by atoms with Crippen LogP contribution in [-0.2, 0) is 21.3 Å². The van der Waals surface area contributed by atoms with Crippen molar-refractivity contribution in [3.8, 4) is 17.1 Å². The van der Waals surface area contributed by atoms with Crippen LogP contribution in [0.5, 0.6) is 5.75 Å². The van der Waals surface area contributed by atoms with Crippen molar-refractivity contribution in [1.29, 1.82) is 0 Å². The number of hydrogen-bond donors (Lipinski definition) is 1. The van der Waals surface area contributed by atoms with Gasteiger partial charge in [0.2, 0.25) is 5.82 Å². The number of aromatic nitrogens is 4. The van der Waals surface area contributed by atoms with E-state index in [1.54, 1.807) is 32.9 Å². The number of ether oxygens (including phenoxy) is 2. The van der Waals surface area contributed by atoms with Crippen molar-refractivity contribution in [3.05, 3.63) is 53.8 Å². The molecule has 12 heteroatoms. The number of methoxy groups -OCH3 is 1. The number of carbonyl (C=O) groups is 1. The molecule has 1 amide bonds. The molecule has 1 heterocycles. The van der Waals surface area contributed by atoms with Gasteiger partial charge in [0.15, 0.2) is 0 Å². The van der Waals surface area contributed by atoms with Crippen LogP contribution in [-0.4, -0.2) is 47.4 Å². The van der Waals surface area contributed by atoms with Gasteiger partial charge in [-0.25, -0.2) is 22.3 Å². The standard InChI is InChI=1S/C20H22FN5O5S/c1-20(2,3)31-19(27)24-32(28,29)17-10-7-14(11-16(17)30-4)18-22-25-26(23-18)12-13-5-8-15(21)9-6-13/h5-11H,12H2,1-4H3,(H,24,27). The number of nitrogens with one attached hydrogen (secondary N) is 1. The van der Waals surface area contributed by atoms with Crippen LogP contribution in [0, 0.1) is 5.82 Å². The Morgan fingerprint density at radius 2 is 1.84 bits per heavy atom. The van der Waals surface area contributed by atoms with E-state index in [0.717, 1.165) is 5.56 Å². The lowest BCUT2D eigenvalue weighted by Gasteiger charge is -2.20. The maximum absolute atomic E-state index is 13.0. The Morgan fingerprint density at radius 3 is 2.47 bits per heavy atom. The van der Waals surface area contributed by atoms with Crippen LogP contribution >= 0.6 is 0 Å². The highest BCUT2D eigenvalue weighted by Gasteiger charge is 2.26. The molecule has 10 nitrogen and oxygen atoms in total. The summed E-state index contributed by atoms with van der Waals surface area (Å²) in [6, 6.07) is 10.0. The summed E-state index contributed by atoms with van der Waals surface area (Å²) < 4.78 is 50.3. The van der Waals surface area contributed by atoms with Crippen molar-refractivity contribution in [3.63, 3.8) is 0 Å². The molecule has 0 aliphatic carbocycles. The second-order valence-corrected chi connectivity index (χ2v) is 9.39. The predicted molar refractivity (Wildman–Crippen MR) is 112 cm³/mol. The molecule has 0 saturated carbocycles. The van der Waals surface area contributed by atoms with Gasteiger partial charge >= 0.3 is 6.09 Å². The zero-order valence-corrected chi connectivity index (χ0v) is 18.7. The van der Waals surface area contributed by atoms with Gasteiger partial charge in [-0.05, 0) is 61.9 Å². The molecule has 0 fully saturated rings. The zero-order valence-electron chi connectivity index (χ0n) is 17.9. The van der Waals surface area contributed by atoms with Gasteiger partial charge in [0.1, 0.15) is 22.1 Å². The number of benzene rings is 2. The number of sulfonamides is 1. The maximum Gasteiger partial charge on any atom is 0.421 e. The predicted octanol–water partition coefficient (Wildman–Crippen LogP) is 2.75. The number of rotatable bonds is 6. The minimum absolute atomic E-state index is 0.0200. The van der Waals surface area contributed by atoms with Crippen LogP contribution in [0.2, 0.25) is 0 Å². The Bertz CT molecular complexity index is 1220. The van der Waals surface area contributed by atoms with Crippen molar-refractivity contribution < 1.29 is 27.1 Å². The maximum atomic E-state index is 13.0. The summed E-state index contributed by atoms with van der Waals surface area (Å²) in [4.78, 5) is 13.0. The average molecular weight is 463 g/mol. The SMILES string of the molecule is COc1cc(-c2nnn(Cc3ccc(F)cc3)n2)ccc1S(=O)(=O)NC(=O)OC(C)(C)C. The Hall–Kier alpha value is -3.54. The minimum Gasteiger partial charge on any atom is -0.495 e. The van der Waals surface area contributed by atoms with Crippen molar-refractivity contribution in [1.82, 2.24) is 24.9 Å². The van der Waals surface area contributed by atoms with Gasteiger partial charge in [0.25, 0.3) is 10.0 Å². The molecule has 0 saturated heterocycles. The van der Waals surface area contributed by atoms with E-state index in [9.17, 15) is 17.6 Å². The Kier molecular flexibility index (Phi) is 6.44. The van der Waals surface area contributed by atoms with Gasteiger partial charge in [0, 0.05) is 5.56 Å². The van der Waals surface area contributed by atoms with Crippen molar-refractivity contribution in [2.75, 3.05) is 7.11 Å². The normalized spacial score (nSPS) is 11.8. The molecule has 0 spiro atoms. The molecular formula is C20H22FN5O5S. The molecule has 1 aromatic heterocycles. The number of hydrogen-bond acceptors (Lipinski definition) is 8. The summed E-state index contributed by atoms with van der Waals surface area (Å²) in [5.74, 6) is -0.132. The van der Waals surface area contributed by atoms with E-state index in [4.69, 9.17) is 9.47 Å². The average Bonchev–Trinajstić information content (AvgIpc) is 3.15. The summed E-state index contributed by atoms with van der Waals surface area (Å²) in [6.07, 6.45) is -1.10. The van der Waals surface area contributed by atoms with Crippen molar-refractivity contribution in [2.45, 2.75) is 37.8 Å². The highest BCUT2D eigenvalue weighted by molar-refractivity contribution is 7.90. The molecular weight excluding hydrogens is 441 g/mol. The highest BCUT2D eigenvalue weighted by Crippen LogP contribution is 2.28. The lowest BCUT2D eigenvalue weighted by Crippen LogP contribution is -2.36. The first-order valence-corrected chi connectivity index (χ1v) is 10.9. The number of nitrogens with zero attached hydrogens (tertiary/aromatic N) is 4. The molecule has 1 N–H and O–H groups in total. The third-order valence-electron chi connectivity index (χ3n) is 4.02. The van der Waals surface area contributed by atoms with E-state index in [-0.39, 0.29) is 28.8 Å². The zero-order chi connectivity index (χ0) is 23.5. The van der Waals surface area contributed by atoms with E-state index in [1.165, 1.54) is 42.2 Å². The third kappa shape index (κ3) is 5.78. The number of tetrazole rings is 1. The van der Waals surface area contributed by atoms with Gasteiger partial charge in [-0.3, -0.25) is 0 Å². The van der Waals surface area contributed by atoms with E-state index < -0.39 is 21.7 Å². The van der Waals surface area contributed by atoms with E-state index in [2.05, 4.69) is 15.4 Å². The fourth-order valence-electron chi connectivity index (χ4n) is 2.67. The molecule has 0 aliphatic heterocycles. The molecule has 0 bridgehead atoms. The summed E-state index contributed by atoms with van der Waals surface area (Å²) in [5, 5.41) is 12.2. The molecule has 32 heavy (non-hydrogen) atoms. The lowest BCUT2D eigenvalue weighted by molar-refractivity contribution is 0.0570. The van der Waals surface area contributed by atoms with E-state index in [0.29, 0.717) is 5.56 Å². The van der Waals surface area contributed by atoms with Gasteiger partial charge in [-0.1, -0.05) is 12.1 Å². The second kappa shape index (κ2) is 8.91. The van der Waals surface area contributed by atoms with Crippen LogP contribution in [0.25, 0.3) is 11.4 Å². The molecule has 3 aromatic rings. The number of carbonyl (C=O) groups excluding carboxylic acids is 1. The fraction of sp³-hybridized carbons (Fsp3) is 0.300. The number of amides is 1. The van der Waals surface area contributed by atoms with E-state index in [1.807, 2.05) is 4.72 Å². The molecule has 0 aliphatic rings. The topological polar surface area (TPSA) is 125 Å². The summed E-state index contributed by atoms with van der Waals surface area (Å²) in [7, 11) is -2.96. The van der Waals surface area contributed by atoms with Gasteiger partial charge < -0.3 is 9.47 Å². The van der Waals surface area contributed by atoms with Crippen LogP contribution in [0.15, 0.2) is 47.4 Å². The molecule has 0 unspecified atom stereocenters. The molecule has 0 radical (unpaired) electrons. The Labute approximate surface area is 184 Å². The monoisotopic (exact) mass is 463 g/mol. The smallest absolute Gasteiger partial charge is 0.421 e. The lowest BCUT2D eigenvalue weighted by atomic mass is 10.2. The quantitative estimate of drug-likeness (QED) is 0.592. The van der Waals surface area contributed by atoms with Crippen LogP contribution < -0.4 is 9.46 Å². The first-order chi connectivity index (χ1) is 15.0. The molecule has 170 valence electrons. The summed E-state index contributed by atoms with van der Waals surface area (Å²) >= 11 is 0.